The van der Waals surface area contributed by atoms with E-state index in [0.29, 0.717) is 6.04 Å². The van der Waals surface area contributed by atoms with Crippen LogP contribution in [0.25, 0.3) is 0 Å². The van der Waals surface area contributed by atoms with Gasteiger partial charge in [0.05, 0.1) is 25.9 Å². The van der Waals surface area contributed by atoms with Crippen LogP contribution in [0.1, 0.15) is 32.4 Å². The number of benzene rings is 1. The van der Waals surface area contributed by atoms with Crippen LogP contribution >= 0.6 is 0 Å². The maximum Gasteiger partial charge on any atom is 0.118 e. The van der Waals surface area contributed by atoms with Gasteiger partial charge in [-0.1, -0.05) is 12.1 Å². The molecule has 112 valence electrons. The van der Waals surface area contributed by atoms with Gasteiger partial charge in [-0.25, -0.2) is 0 Å². The second-order valence-electron chi connectivity index (χ2n) is 5.65. The molecule has 1 aliphatic rings. The van der Waals surface area contributed by atoms with Crippen LogP contribution in [-0.2, 0) is 4.74 Å². The molecule has 1 N–H and O–H groups in total. The van der Waals surface area contributed by atoms with E-state index < -0.39 is 6.10 Å². The monoisotopic (exact) mass is 279 g/mol. The summed E-state index contributed by atoms with van der Waals surface area (Å²) in [6.07, 6.45) is -0.287. The number of morpholine rings is 1. The van der Waals surface area contributed by atoms with E-state index in [-0.39, 0.29) is 12.1 Å². The van der Waals surface area contributed by atoms with Gasteiger partial charge in [0, 0.05) is 18.6 Å². The summed E-state index contributed by atoms with van der Waals surface area (Å²) in [4.78, 5) is 2.32. The first-order valence-corrected chi connectivity index (χ1v) is 7.22. The Morgan fingerprint density at radius 1 is 1.30 bits per heavy atom. The maximum absolute atomic E-state index is 10.6. The molecule has 0 aromatic heterocycles. The molecule has 0 aliphatic carbocycles. The van der Waals surface area contributed by atoms with E-state index in [1.165, 1.54) is 0 Å². The van der Waals surface area contributed by atoms with Crippen molar-refractivity contribution in [2.45, 2.75) is 45.1 Å². The van der Waals surface area contributed by atoms with E-state index in [2.05, 4.69) is 25.7 Å². The number of rotatable bonds is 4. The lowest BCUT2D eigenvalue weighted by Gasteiger charge is -2.42. The first-order chi connectivity index (χ1) is 9.52. The zero-order valence-electron chi connectivity index (χ0n) is 12.7. The summed E-state index contributed by atoms with van der Waals surface area (Å²) in [6, 6.07) is 8.01. The topological polar surface area (TPSA) is 41.9 Å². The quantitative estimate of drug-likeness (QED) is 0.917. The number of hydrogen-bond acceptors (Lipinski definition) is 4. The molecule has 4 heteroatoms. The van der Waals surface area contributed by atoms with Crippen LogP contribution in [0.4, 0.5) is 0 Å². The highest BCUT2D eigenvalue weighted by Crippen LogP contribution is 2.26. The summed E-state index contributed by atoms with van der Waals surface area (Å²) in [5, 5.41) is 10.6. The molecule has 0 amide bonds. The Hall–Kier alpha value is -1.10. The molecular weight excluding hydrogens is 254 g/mol. The van der Waals surface area contributed by atoms with E-state index in [4.69, 9.17) is 9.47 Å². The Labute approximate surface area is 121 Å². The third kappa shape index (κ3) is 3.32. The minimum atomic E-state index is -0.506. The number of nitrogens with zero attached hydrogens (tertiary/aromatic N) is 1. The highest BCUT2D eigenvalue weighted by molar-refractivity contribution is 5.29. The molecule has 4 nitrogen and oxygen atoms in total. The fourth-order valence-corrected chi connectivity index (χ4v) is 2.76. The van der Waals surface area contributed by atoms with Gasteiger partial charge in [0.1, 0.15) is 5.75 Å². The molecule has 1 aliphatic heterocycles. The van der Waals surface area contributed by atoms with Crippen molar-refractivity contribution in [3.8, 4) is 5.75 Å². The number of aliphatic hydroxyl groups is 1. The average molecular weight is 279 g/mol. The average Bonchev–Trinajstić information content (AvgIpc) is 2.48. The van der Waals surface area contributed by atoms with Crippen LogP contribution in [0.2, 0.25) is 0 Å². The van der Waals surface area contributed by atoms with Crippen molar-refractivity contribution in [1.29, 1.82) is 0 Å². The van der Waals surface area contributed by atoms with Gasteiger partial charge in [-0.05, 0) is 38.5 Å². The number of ether oxygens (including phenoxy) is 2. The third-order valence-corrected chi connectivity index (χ3v) is 4.09. The molecule has 1 aromatic carbocycles. The van der Waals surface area contributed by atoms with E-state index in [9.17, 15) is 5.11 Å². The normalized spacial score (nSPS) is 27.1. The predicted molar refractivity (Wildman–Crippen MR) is 79.0 cm³/mol. The molecule has 1 aromatic rings. The van der Waals surface area contributed by atoms with Gasteiger partial charge in [0.15, 0.2) is 0 Å². The third-order valence-electron chi connectivity index (χ3n) is 4.09. The van der Waals surface area contributed by atoms with Gasteiger partial charge in [-0.15, -0.1) is 0 Å². The van der Waals surface area contributed by atoms with Crippen LogP contribution in [0.15, 0.2) is 24.3 Å². The summed E-state index contributed by atoms with van der Waals surface area (Å²) in [5.74, 6) is 0.807. The summed E-state index contributed by atoms with van der Waals surface area (Å²) in [5.41, 5.74) is 0.921. The molecule has 4 atom stereocenters. The van der Waals surface area contributed by atoms with E-state index in [0.717, 1.165) is 24.5 Å². The molecule has 20 heavy (non-hydrogen) atoms. The maximum atomic E-state index is 10.6. The molecule has 0 spiro atoms. The minimum absolute atomic E-state index is 0.0599. The highest BCUT2D eigenvalue weighted by Gasteiger charge is 2.31. The summed E-state index contributed by atoms with van der Waals surface area (Å²) in [7, 11) is 1.64. The van der Waals surface area contributed by atoms with Crippen molar-refractivity contribution in [2.75, 3.05) is 20.3 Å². The van der Waals surface area contributed by atoms with E-state index in [1.54, 1.807) is 7.11 Å². The summed E-state index contributed by atoms with van der Waals surface area (Å²) >= 11 is 0. The van der Waals surface area contributed by atoms with Crippen LogP contribution in [0.3, 0.4) is 0 Å². The van der Waals surface area contributed by atoms with Gasteiger partial charge in [-0.3, -0.25) is 4.90 Å². The largest absolute Gasteiger partial charge is 0.497 e. The molecule has 0 radical (unpaired) electrons. The Morgan fingerprint density at radius 2 is 1.95 bits per heavy atom. The first-order valence-electron chi connectivity index (χ1n) is 7.22. The fourth-order valence-electron chi connectivity index (χ4n) is 2.76. The standard InChI is InChI=1S/C16H25NO3/c1-11-10-20-12(2)9-17(11)13(3)16(18)14-5-7-15(19-4)8-6-14/h5-8,11-13,16,18H,9-10H2,1-4H3. The summed E-state index contributed by atoms with van der Waals surface area (Å²) in [6.45, 7) is 7.87. The van der Waals surface area contributed by atoms with Gasteiger partial charge in [0.2, 0.25) is 0 Å². The molecule has 0 bridgehead atoms. The molecule has 1 fully saturated rings. The molecule has 1 heterocycles. The second kappa shape index (κ2) is 6.57. The Balaban J connectivity index is 2.08. The summed E-state index contributed by atoms with van der Waals surface area (Å²) < 4.78 is 10.8. The minimum Gasteiger partial charge on any atom is -0.497 e. The highest BCUT2D eigenvalue weighted by atomic mass is 16.5. The number of aliphatic hydroxyl groups excluding tert-OH is 1. The zero-order chi connectivity index (χ0) is 14.7. The SMILES string of the molecule is COc1ccc(C(O)C(C)N2CC(C)OCC2C)cc1. The van der Waals surface area contributed by atoms with Crippen molar-refractivity contribution in [3.05, 3.63) is 29.8 Å². The fraction of sp³-hybridized carbons (Fsp3) is 0.625. The Morgan fingerprint density at radius 3 is 2.55 bits per heavy atom. The van der Waals surface area contributed by atoms with Gasteiger partial charge < -0.3 is 14.6 Å². The predicted octanol–water partition coefficient (Wildman–Crippen LogP) is 2.23. The van der Waals surface area contributed by atoms with E-state index in [1.807, 2.05) is 24.3 Å². The zero-order valence-corrected chi connectivity index (χ0v) is 12.7. The smallest absolute Gasteiger partial charge is 0.118 e. The Kier molecular flexibility index (Phi) is 5.02. The van der Waals surface area contributed by atoms with Crippen molar-refractivity contribution >= 4 is 0 Å². The lowest BCUT2D eigenvalue weighted by Crippen LogP contribution is -2.52. The van der Waals surface area contributed by atoms with Crippen molar-refractivity contribution < 1.29 is 14.6 Å². The van der Waals surface area contributed by atoms with Crippen LogP contribution in [0.5, 0.6) is 5.75 Å². The van der Waals surface area contributed by atoms with Gasteiger partial charge in [0.25, 0.3) is 0 Å². The van der Waals surface area contributed by atoms with E-state index >= 15 is 0 Å². The lowest BCUT2D eigenvalue weighted by molar-refractivity contribution is -0.0836. The first kappa shape index (κ1) is 15.3. The van der Waals surface area contributed by atoms with Crippen LogP contribution < -0.4 is 4.74 Å². The molecule has 2 rings (SSSR count). The lowest BCUT2D eigenvalue weighted by atomic mass is 10.00. The molecule has 1 saturated heterocycles. The van der Waals surface area contributed by atoms with Crippen molar-refractivity contribution in [3.63, 3.8) is 0 Å². The molecule has 4 unspecified atom stereocenters. The van der Waals surface area contributed by atoms with Gasteiger partial charge >= 0.3 is 0 Å². The Bertz CT molecular complexity index is 420. The van der Waals surface area contributed by atoms with Crippen molar-refractivity contribution in [2.24, 2.45) is 0 Å². The number of methoxy groups -OCH3 is 1. The van der Waals surface area contributed by atoms with Crippen LogP contribution in [-0.4, -0.2) is 48.5 Å². The van der Waals surface area contributed by atoms with Gasteiger partial charge in [-0.2, -0.15) is 0 Å². The molecular formula is C16H25NO3. The van der Waals surface area contributed by atoms with Crippen molar-refractivity contribution in [1.82, 2.24) is 4.90 Å². The number of hydrogen-bond donors (Lipinski definition) is 1. The second-order valence-corrected chi connectivity index (χ2v) is 5.65. The molecule has 0 saturated carbocycles. The van der Waals surface area contributed by atoms with Crippen LogP contribution in [0, 0.1) is 0 Å².